The van der Waals surface area contributed by atoms with Crippen molar-refractivity contribution in [3.05, 3.63) is 35.4 Å². The highest BCUT2D eigenvalue weighted by Gasteiger charge is 1.93. The maximum absolute atomic E-state index is 3.18. The van der Waals surface area contributed by atoms with Crippen molar-refractivity contribution in [2.24, 2.45) is 0 Å². The molecule has 0 radical (unpaired) electrons. The molecule has 2 N–H and O–H groups in total. The first-order valence-electron chi connectivity index (χ1n) is 5.10. The predicted octanol–water partition coefficient (Wildman–Crippen LogP) is -1.27. The Bertz CT molecular complexity index is 277. The Morgan fingerprint density at radius 1 is 0.857 bits per heavy atom. The van der Waals surface area contributed by atoms with Gasteiger partial charge in [0.25, 0.3) is 0 Å². The predicted molar refractivity (Wildman–Crippen MR) is 59.8 cm³/mol. The minimum atomic E-state index is 0.964. The van der Waals surface area contributed by atoms with Gasteiger partial charge >= 0.3 is 0 Å². The number of nitrogens with one attached hydrogen (secondary N) is 2. The van der Waals surface area contributed by atoms with Crippen LogP contribution in [0.15, 0.2) is 24.3 Å². The summed E-state index contributed by atoms with van der Waals surface area (Å²) < 4.78 is 0. The molecule has 0 unspecified atom stereocenters. The van der Waals surface area contributed by atoms with E-state index in [2.05, 4.69) is 48.1 Å². The molecule has 2 nitrogen and oxygen atoms in total. The Labute approximate surface area is 85.4 Å². The van der Waals surface area contributed by atoms with Crippen LogP contribution in [0.4, 0.5) is 0 Å². The van der Waals surface area contributed by atoms with Crippen LogP contribution in [0.2, 0.25) is 0 Å². The highest BCUT2D eigenvalue weighted by Crippen LogP contribution is 1.97. The molecule has 0 saturated carbocycles. The summed E-state index contributed by atoms with van der Waals surface area (Å²) in [6.07, 6.45) is 4.05. The first kappa shape index (κ1) is 10.6. The average molecular weight is 190 g/mol. The molecule has 1 aromatic carbocycles. The summed E-state index contributed by atoms with van der Waals surface area (Å²) in [4.78, 5) is 6.35. The van der Waals surface area contributed by atoms with E-state index in [0.717, 1.165) is 13.1 Å². The van der Waals surface area contributed by atoms with Crippen molar-refractivity contribution in [1.29, 1.82) is 0 Å². The van der Waals surface area contributed by atoms with Gasteiger partial charge in [-0.15, -0.1) is 0 Å². The molecule has 0 atom stereocenters. The molecule has 0 bridgehead atoms. The number of rotatable bonds is 4. The van der Waals surface area contributed by atoms with Gasteiger partial charge in [-0.2, -0.15) is 0 Å². The third kappa shape index (κ3) is 3.52. The van der Waals surface area contributed by atoms with Gasteiger partial charge in [0.15, 0.2) is 12.4 Å². The number of hydrogen-bond donors (Lipinski definition) is 2. The summed E-state index contributed by atoms with van der Waals surface area (Å²) in [7, 11) is 0. The van der Waals surface area contributed by atoms with E-state index in [4.69, 9.17) is 0 Å². The van der Waals surface area contributed by atoms with E-state index < -0.39 is 0 Å². The number of benzene rings is 1. The fourth-order valence-corrected chi connectivity index (χ4v) is 1.13. The smallest absolute Gasteiger partial charge is 0.169 e. The highest BCUT2D eigenvalue weighted by molar-refractivity contribution is 5.79. The van der Waals surface area contributed by atoms with Crippen molar-refractivity contribution in [3.63, 3.8) is 0 Å². The van der Waals surface area contributed by atoms with Gasteiger partial charge in [0.05, 0.1) is 0 Å². The normalized spacial score (nSPS) is 11.6. The largest absolute Gasteiger partial charge is 0.248 e. The van der Waals surface area contributed by atoms with Gasteiger partial charge in [-0.1, -0.05) is 0 Å². The van der Waals surface area contributed by atoms with Crippen LogP contribution in [-0.4, -0.2) is 25.5 Å². The fourth-order valence-electron chi connectivity index (χ4n) is 1.13. The first-order chi connectivity index (χ1) is 6.86. The van der Waals surface area contributed by atoms with Crippen LogP contribution in [0.5, 0.6) is 0 Å². The molecule has 74 valence electrons. The van der Waals surface area contributed by atoms with Crippen LogP contribution in [-0.2, 0) is 0 Å². The quantitative estimate of drug-likeness (QED) is 0.554. The monoisotopic (exact) mass is 190 g/mol. The van der Waals surface area contributed by atoms with Gasteiger partial charge in [-0.05, 0) is 38.1 Å². The molecular formula is C12H18N2+2. The standard InChI is InChI=1S/C12H16N2/c1-3-13-9-11-5-7-12(8-6-11)10-14-4-2/h5-10H,3-4H2,1-2H3/p+2. The van der Waals surface area contributed by atoms with Gasteiger partial charge < -0.3 is 0 Å². The van der Waals surface area contributed by atoms with Crippen LogP contribution >= 0.6 is 0 Å². The van der Waals surface area contributed by atoms with Crippen molar-refractivity contribution >= 4 is 12.4 Å². The zero-order chi connectivity index (χ0) is 10.2. The fraction of sp³-hybridized carbons (Fsp3) is 0.333. The molecule has 0 fully saturated rings. The summed E-state index contributed by atoms with van der Waals surface area (Å²) >= 11 is 0. The third-order valence-corrected chi connectivity index (χ3v) is 1.88. The summed E-state index contributed by atoms with van der Waals surface area (Å²) in [5.41, 5.74) is 2.42. The van der Waals surface area contributed by atoms with Crippen LogP contribution in [0.1, 0.15) is 25.0 Å². The van der Waals surface area contributed by atoms with Gasteiger partial charge in [-0.25, -0.2) is 9.98 Å². The maximum Gasteiger partial charge on any atom is 0.169 e. The summed E-state index contributed by atoms with van der Waals surface area (Å²) in [6.45, 7) is 6.10. The lowest BCUT2D eigenvalue weighted by molar-refractivity contribution is -0.446. The van der Waals surface area contributed by atoms with E-state index in [-0.39, 0.29) is 0 Å². The highest BCUT2D eigenvalue weighted by atomic mass is 14.7. The molecule has 0 amide bonds. The van der Waals surface area contributed by atoms with Gasteiger partial charge in [0, 0.05) is 11.1 Å². The lowest BCUT2D eigenvalue weighted by Crippen LogP contribution is -2.68. The summed E-state index contributed by atoms with van der Waals surface area (Å²) in [5.74, 6) is 0. The average Bonchev–Trinajstić information content (AvgIpc) is 2.25. The SMILES string of the molecule is CC[NH+]=Cc1ccc(C=[NH+]CC)cc1. The van der Waals surface area contributed by atoms with E-state index in [1.165, 1.54) is 11.1 Å². The Hall–Kier alpha value is -1.44. The molecule has 0 saturated heterocycles. The van der Waals surface area contributed by atoms with Gasteiger partial charge in [0.2, 0.25) is 0 Å². The molecule has 0 aliphatic carbocycles. The zero-order valence-electron chi connectivity index (χ0n) is 8.88. The second kappa shape index (κ2) is 6.08. The van der Waals surface area contributed by atoms with E-state index >= 15 is 0 Å². The molecule has 2 heteroatoms. The van der Waals surface area contributed by atoms with Crippen LogP contribution in [0.25, 0.3) is 0 Å². The molecule has 14 heavy (non-hydrogen) atoms. The molecule has 0 aliphatic rings. The van der Waals surface area contributed by atoms with Gasteiger partial charge in [0.1, 0.15) is 13.1 Å². The Morgan fingerprint density at radius 3 is 1.50 bits per heavy atom. The van der Waals surface area contributed by atoms with Crippen LogP contribution < -0.4 is 9.98 Å². The maximum atomic E-state index is 3.18. The molecule has 1 rings (SSSR count). The van der Waals surface area contributed by atoms with E-state index in [1.54, 1.807) is 0 Å². The molecule has 0 aliphatic heterocycles. The Morgan fingerprint density at radius 2 is 1.21 bits per heavy atom. The van der Waals surface area contributed by atoms with Crippen molar-refractivity contribution in [1.82, 2.24) is 0 Å². The van der Waals surface area contributed by atoms with Crippen molar-refractivity contribution in [3.8, 4) is 0 Å². The lowest BCUT2D eigenvalue weighted by Gasteiger charge is -1.90. The molecular weight excluding hydrogens is 172 g/mol. The zero-order valence-corrected chi connectivity index (χ0v) is 8.88. The second-order valence-corrected chi connectivity index (χ2v) is 3.07. The van der Waals surface area contributed by atoms with E-state index in [0.29, 0.717) is 0 Å². The molecule has 0 spiro atoms. The van der Waals surface area contributed by atoms with Crippen molar-refractivity contribution in [2.75, 3.05) is 13.1 Å². The topological polar surface area (TPSA) is 27.9 Å². The van der Waals surface area contributed by atoms with Crippen LogP contribution in [0.3, 0.4) is 0 Å². The van der Waals surface area contributed by atoms with E-state index in [1.807, 2.05) is 12.4 Å². The molecule has 0 heterocycles. The molecule has 1 aromatic rings. The van der Waals surface area contributed by atoms with E-state index in [9.17, 15) is 0 Å². The summed E-state index contributed by atoms with van der Waals surface area (Å²) in [6, 6.07) is 8.41. The minimum Gasteiger partial charge on any atom is -0.248 e. The lowest BCUT2D eigenvalue weighted by atomic mass is 10.1. The minimum absolute atomic E-state index is 0.964. The summed E-state index contributed by atoms with van der Waals surface area (Å²) in [5, 5.41) is 0. The number of hydrogen-bond acceptors (Lipinski definition) is 0. The van der Waals surface area contributed by atoms with Crippen LogP contribution in [0, 0.1) is 0 Å². The van der Waals surface area contributed by atoms with Crippen molar-refractivity contribution in [2.45, 2.75) is 13.8 Å². The second-order valence-electron chi connectivity index (χ2n) is 3.07. The molecule has 0 aromatic heterocycles. The van der Waals surface area contributed by atoms with Crippen molar-refractivity contribution < 1.29 is 9.98 Å². The van der Waals surface area contributed by atoms with Gasteiger partial charge in [-0.3, -0.25) is 0 Å². The Kier molecular flexibility index (Phi) is 4.62. The Balaban J connectivity index is 2.68. The third-order valence-electron chi connectivity index (χ3n) is 1.88. The first-order valence-corrected chi connectivity index (χ1v) is 5.10.